The van der Waals surface area contributed by atoms with Gasteiger partial charge in [-0.15, -0.1) is 0 Å². The van der Waals surface area contributed by atoms with Crippen LogP contribution in [0.3, 0.4) is 0 Å². The lowest BCUT2D eigenvalue weighted by Gasteiger charge is -2.10. The maximum absolute atomic E-state index is 15.1. The largest absolute Gasteiger partial charge is 0.497 e. The lowest BCUT2D eigenvalue weighted by atomic mass is 9.97. The molecule has 4 aromatic heterocycles. The van der Waals surface area contributed by atoms with Crippen LogP contribution < -0.4 is 4.74 Å². The summed E-state index contributed by atoms with van der Waals surface area (Å²) in [6.45, 7) is 5.76. The van der Waals surface area contributed by atoms with Gasteiger partial charge in [0.2, 0.25) is 17.5 Å². The van der Waals surface area contributed by atoms with E-state index in [1.165, 1.54) is 6.07 Å². The van der Waals surface area contributed by atoms with Crippen molar-refractivity contribution in [1.82, 2.24) is 30.1 Å². The van der Waals surface area contributed by atoms with Gasteiger partial charge in [-0.05, 0) is 35.7 Å². The Morgan fingerprint density at radius 3 is 2.62 bits per heavy atom. The average Bonchev–Trinajstić information content (AvgIpc) is 3.56. The molecule has 0 amide bonds. The van der Waals surface area contributed by atoms with Crippen molar-refractivity contribution < 1.29 is 18.4 Å². The number of aromatic nitrogens is 6. The number of ketones is 1. The number of carbonyl (C=O) groups excluding carboxylic acids is 1. The number of carbonyl (C=O) groups is 1. The number of H-pyrrole nitrogens is 1. The van der Waals surface area contributed by atoms with Crippen molar-refractivity contribution in [2.45, 2.75) is 39.0 Å². The summed E-state index contributed by atoms with van der Waals surface area (Å²) < 4.78 is 25.5. The minimum atomic E-state index is -0.409. The molecule has 0 aliphatic rings. The number of ether oxygens (including phenoxy) is 1. The number of rotatable bonds is 7. The number of hydrogen-bond donors (Lipinski definition) is 1. The van der Waals surface area contributed by atoms with E-state index in [1.54, 1.807) is 43.8 Å². The molecule has 4 heterocycles. The van der Waals surface area contributed by atoms with Crippen LogP contribution in [0.1, 0.15) is 49.3 Å². The van der Waals surface area contributed by atoms with Gasteiger partial charge in [0, 0.05) is 35.9 Å². The van der Waals surface area contributed by atoms with E-state index in [4.69, 9.17) is 9.26 Å². The standard InChI is InChI=1S/C27H25FN6O3/c1-27(2,3)26-33-24(34-37-26)21(35)8-7-15-5-6-16(13-19(15)28)18-10-12-30-25-22(18)31-23(32-25)20-14-17(36-4)9-11-29-20/h5-6,9-14H,7-8H2,1-4H3,(H,30,31,32). The van der Waals surface area contributed by atoms with E-state index in [9.17, 15) is 4.79 Å². The molecule has 0 saturated heterocycles. The predicted octanol–water partition coefficient (Wildman–Crippen LogP) is 5.33. The van der Waals surface area contributed by atoms with Crippen molar-refractivity contribution in [3.63, 3.8) is 0 Å². The monoisotopic (exact) mass is 500 g/mol. The molecule has 5 rings (SSSR count). The van der Waals surface area contributed by atoms with Crippen molar-refractivity contribution in [3.8, 4) is 28.4 Å². The fourth-order valence-electron chi connectivity index (χ4n) is 3.86. The predicted molar refractivity (Wildman–Crippen MR) is 135 cm³/mol. The highest BCUT2D eigenvalue weighted by atomic mass is 19.1. The second kappa shape index (κ2) is 9.53. The maximum Gasteiger partial charge on any atom is 0.238 e. The zero-order chi connectivity index (χ0) is 26.2. The molecule has 9 nitrogen and oxygen atoms in total. The molecule has 1 N–H and O–H groups in total. The Morgan fingerprint density at radius 2 is 1.89 bits per heavy atom. The van der Waals surface area contributed by atoms with E-state index in [1.807, 2.05) is 26.8 Å². The number of methoxy groups -OCH3 is 1. The number of fused-ring (bicyclic) bond motifs is 1. The number of aromatic amines is 1. The number of aryl methyl sites for hydroxylation is 1. The summed E-state index contributed by atoms with van der Waals surface area (Å²) in [5.41, 5.74) is 3.22. The Morgan fingerprint density at radius 1 is 1.08 bits per heavy atom. The molecular formula is C27H25FN6O3. The number of Topliss-reactive ketones (excluding diaryl/α,β-unsaturated/α-hetero) is 1. The lowest BCUT2D eigenvalue weighted by molar-refractivity contribution is 0.0969. The van der Waals surface area contributed by atoms with Crippen molar-refractivity contribution in [2.24, 2.45) is 0 Å². The van der Waals surface area contributed by atoms with Gasteiger partial charge in [-0.3, -0.25) is 9.78 Å². The van der Waals surface area contributed by atoms with Gasteiger partial charge in [0.15, 0.2) is 11.5 Å². The van der Waals surface area contributed by atoms with Crippen molar-refractivity contribution >= 4 is 16.9 Å². The molecule has 5 aromatic rings. The quantitative estimate of drug-likeness (QED) is 0.298. The highest BCUT2D eigenvalue weighted by molar-refractivity contribution is 5.93. The van der Waals surface area contributed by atoms with Gasteiger partial charge in [0.25, 0.3) is 0 Å². The Balaban J connectivity index is 1.37. The third-order valence-electron chi connectivity index (χ3n) is 5.90. The van der Waals surface area contributed by atoms with E-state index in [-0.39, 0.29) is 29.9 Å². The number of benzene rings is 1. The molecule has 10 heteroatoms. The van der Waals surface area contributed by atoms with E-state index < -0.39 is 5.82 Å². The van der Waals surface area contributed by atoms with E-state index >= 15 is 4.39 Å². The number of imidazole rings is 1. The molecule has 0 aliphatic heterocycles. The van der Waals surface area contributed by atoms with Crippen LogP contribution in [0.15, 0.2) is 53.3 Å². The molecule has 0 aliphatic carbocycles. The highest BCUT2D eigenvalue weighted by Gasteiger charge is 2.24. The van der Waals surface area contributed by atoms with E-state index in [0.29, 0.717) is 45.4 Å². The molecule has 0 atom stereocenters. The number of halogens is 1. The Labute approximate surface area is 212 Å². The zero-order valence-electron chi connectivity index (χ0n) is 20.9. The first-order chi connectivity index (χ1) is 17.7. The highest BCUT2D eigenvalue weighted by Crippen LogP contribution is 2.30. The second-order valence-corrected chi connectivity index (χ2v) is 9.63. The van der Waals surface area contributed by atoms with Crippen LogP contribution in [0.5, 0.6) is 5.75 Å². The first kappa shape index (κ1) is 24.2. The summed E-state index contributed by atoms with van der Waals surface area (Å²) in [7, 11) is 1.58. The van der Waals surface area contributed by atoms with Crippen LogP contribution in [-0.4, -0.2) is 43.0 Å². The third kappa shape index (κ3) is 4.95. The fraction of sp³-hybridized carbons (Fsp3) is 0.259. The van der Waals surface area contributed by atoms with Crippen molar-refractivity contribution in [3.05, 3.63) is 71.9 Å². The molecule has 0 unspecified atom stereocenters. The van der Waals surface area contributed by atoms with Gasteiger partial charge < -0.3 is 14.2 Å². The lowest BCUT2D eigenvalue weighted by Crippen LogP contribution is -2.12. The average molecular weight is 501 g/mol. The fourth-order valence-corrected chi connectivity index (χ4v) is 3.86. The molecule has 0 bridgehead atoms. The summed E-state index contributed by atoms with van der Waals surface area (Å²) in [5, 5.41) is 3.78. The molecular weight excluding hydrogens is 475 g/mol. The SMILES string of the molecule is COc1ccnc(-c2nc3nccc(-c4ccc(CCC(=O)c5noc(C(C)(C)C)n5)c(F)c4)c3[nH]2)c1. The third-order valence-corrected chi connectivity index (χ3v) is 5.90. The normalized spacial score (nSPS) is 11.7. The summed E-state index contributed by atoms with van der Waals surface area (Å²) in [6, 6.07) is 10.3. The molecule has 0 fully saturated rings. The smallest absolute Gasteiger partial charge is 0.238 e. The number of nitrogens with zero attached hydrogens (tertiary/aromatic N) is 5. The molecule has 188 valence electrons. The first-order valence-corrected chi connectivity index (χ1v) is 11.7. The molecule has 37 heavy (non-hydrogen) atoms. The van der Waals surface area contributed by atoms with Gasteiger partial charge in [-0.25, -0.2) is 14.4 Å². The van der Waals surface area contributed by atoms with Crippen molar-refractivity contribution in [1.29, 1.82) is 0 Å². The Bertz CT molecular complexity index is 1600. The summed E-state index contributed by atoms with van der Waals surface area (Å²) in [5.74, 6) is 0.882. The zero-order valence-corrected chi connectivity index (χ0v) is 20.9. The summed E-state index contributed by atoms with van der Waals surface area (Å²) in [4.78, 5) is 33.2. The number of nitrogens with one attached hydrogen (secondary N) is 1. The van der Waals surface area contributed by atoms with E-state index in [2.05, 4.69) is 30.1 Å². The van der Waals surface area contributed by atoms with Crippen LogP contribution >= 0.6 is 0 Å². The second-order valence-electron chi connectivity index (χ2n) is 9.63. The van der Waals surface area contributed by atoms with Crippen LogP contribution in [0, 0.1) is 5.82 Å². The van der Waals surface area contributed by atoms with Gasteiger partial charge in [-0.1, -0.05) is 38.1 Å². The Kier molecular flexibility index (Phi) is 6.24. The number of hydrogen-bond acceptors (Lipinski definition) is 8. The Hall–Kier alpha value is -4.47. The summed E-state index contributed by atoms with van der Waals surface area (Å²) >= 11 is 0. The van der Waals surface area contributed by atoms with Gasteiger partial charge in [-0.2, -0.15) is 4.98 Å². The van der Waals surface area contributed by atoms with Crippen LogP contribution in [0.2, 0.25) is 0 Å². The number of pyridine rings is 2. The van der Waals surface area contributed by atoms with Crippen LogP contribution in [0.25, 0.3) is 33.8 Å². The maximum atomic E-state index is 15.1. The molecule has 0 saturated carbocycles. The van der Waals surface area contributed by atoms with Gasteiger partial charge >= 0.3 is 0 Å². The van der Waals surface area contributed by atoms with Gasteiger partial charge in [0.05, 0.1) is 12.6 Å². The molecule has 0 spiro atoms. The minimum absolute atomic E-state index is 0.0155. The van der Waals surface area contributed by atoms with Crippen LogP contribution in [0.4, 0.5) is 4.39 Å². The van der Waals surface area contributed by atoms with Gasteiger partial charge in [0.1, 0.15) is 17.3 Å². The minimum Gasteiger partial charge on any atom is -0.497 e. The molecule has 1 aromatic carbocycles. The van der Waals surface area contributed by atoms with Crippen molar-refractivity contribution in [2.75, 3.05) is 7.11 Å². The topological polar surface area (TPSA) is 120 Å². The summed E-state index contributed by atoms with van der Waals surface area (Å²) in [6.07, 6.45) is 3.54. The van der Waals surface area contributed by atoms with Crippen LogP contribution in [-0.2, 0) is 11.8 Å². The molecule has 0 radical (unpaired) electrons. The van der Waals surface area contributed by atoms with E-state index in [0.717, 1.165) is 5.56 Å². The first-order valence-electron chi connectivity index (χ1n) is 11.7.